The first kappa shape index (κ1) is 22.0. The molecule has 4 rings (SSSR count). The minimum absolute atomic E-state index is 0.116. The Labute approximate surface area is 181 Å². The lowest BCUT2D eigenvalue weighted by Gasteiger charge is -2.26. The van der Waals surface area contributed by atoms with Crippen LogP contribution in [0.15, 0.2) is 23.8 Å². The van der Waals surface area contributed by atoms with Crippen LogP contribution in [0.4, 0.5) is 0 Å². The number of ether oxygens (including phenoxy) is 1. The van der Waals surface area contributed by atoms with Crippen LogP contribution in [0.2, 0.25) is 0 Å². The molecule has 30 heavy (non-hydrogen) atoms. The van der Waals surface area contributed by atoms with Crippen LogP contribution in [0, 0.1) is 23.7 Å². The zero-order chi connectivity index (χ0) is 20.9. The molecule has 5 atom stereocenters. The van der Waals surface area contributed by atoms with Crippen LogP contribution in [0.1, 0.15) is 64.2 Å². The number of carbonyl (C=O) groups is 1. The maximum Gasteiger partial charge on any atom is 0.248 e. The Kier molecular flexibility index (Phi) is 7.66. The van der Waals surface area contributed by atoms with Crippen LogP contribution in [0.25, 0.3) is 0 Å². The molecule has 0 spiro atoms. The van der Waals surface area contributed by atoms with Crippen molar-refractivity contribution in [2.45, 2.75) is 76.4 Å². The van der Waals surface area contributed by atoms with Crippen molar-refractivity contribution in [3.05, 3.63) is 23.8 Å². The Morgan fingerprint density at radius 1 is 1.13 bits per heavy atom. The van der Waals surface area contributed by atoms with Gasteiger partial charge >= 0.3 is 0 Å². The van der Waals surface area contributed by atoms with E-state index in [0.717, 1.165) is 58.0 Å². The van der Waals surface area contributed by atoms with Crippen molar-refractivity contribution in [1.29, 1.82) is 0 Å². The van der Waals surface area contributed by atoms with Gasteiger partial charge in [-0.3, -0.25) is 4.79 Å². The first-order chi connectivity index (χ1) is 14.6. The van der Waals surface area contributed by atoms with E-state index in [1.807, 2.05) is 11.0 Å². The Hall–Kier alpha value is -1.17. The number of rotatable bonds is 7. The third-order valence-corrected chi connectivity index (χ3v) is 7.95. The van der Waals surface area contributed by atoms with Gasteiger partial charge in [0.1, 0.15) is 6.61 Å². The van der Waals surface area contributed by atoms with Crippen LogP contribution < -0.4 is 0 Å². The maximum atomic E-state index is 12.2. The fourth-order valence-corrected chi connectivity index (χ4v) is 6.20. The summed E-state index contributed by atoms with van der Waals surface area (Å²) in [5, 5.41) is 21.0. The van der Waals surface area contributed by atoms with E-state index in [0.29, 0.717) is 24.4 Å². The molecule has 5 nitrogen and oxygen atoms in total. The highest BCUT2D eigenvalue weighted by atomic mass is 16.5. The van der Waals surface area contributed by atoms with E-state index >= 15 is 0 Å². The molecule has 1 saturated heterocycles. The number of likely N-dealkylation sites (tertiary alicyclic amines) is 1. The summed E-state index contributed by atoms with van der Waals surface area (Å²) in [7, 11) is 0. The van der Waals surface area contributed by atoms with Crippen molar-refractivity contribution in [1.82, 2.24) is 4.90 Å². The molecule has 168 valence electrons. The fourth-order valence-electron chi connectivity index (χ4n) is 6.20. The lowest BCUT2D eigenvalue weighted by Crippen LogP contribution is -2.38. The number of carbonyl (C=O) groups excluding carboxylic acids is 1. The fraction of sp³-hybridized carbons (Fsp3) is 0.800. The molecule has 4 fully saturated rings. The Morgan fingerprint density at radius 3 is 2.67 bits per heavy atom. The van der Waals surface area contributed by atoms with Crippen molar-refractivity contribution < 1.29 is 19.7 Å². The molecular weight excluding hydrogens is 378 g/mol. The molecule has 0 aromatic rings. The molecule has 0 aromatic carbocycles. The lowest BCUT2D eigenvalue weighted by atomic mass is 9.89. The minimum Gasteiger partial charge on any atom is -0.392 e. The van der Waals surface area contributed by atoms with Crippen molar-refractivity contribution in [3.8, 4) is 0 Å². The zero-order valence-corrected chi connectivity index (χ0v) is 18.3. The summed E-state index contributed by atoms with van der Waals surface area (Å²) in [5.41, 5.74) is 1.40. The summed E-state index contributed by atoms with van der Waals surface area (Å²) in [5.74, 6) is 1.66. The molecule has 1 aliphatic heterocycles. The summed E-state index contributed by atoms with van der Waals surface area (Å²) >= 11 is 0. The van der Waals surface area contributed by atoms with E-state index in [1.54, 1.807) is 0 Å². The average Bonchev–Trinajstić information content (AvgIpc) is 3.47. The second kappa shape index (κ2) is 10.4. The number of aliphatic hydroxyl groups is 2. The minimum atomic E-state index is -0.360. The van der Waals surface area contributed by atoms with Gasteiger partial charge in [0, 0.05) is 19.0 Å². The smallest absolute Gasteiger partial charge is 0.248 e. The van der Waals surface area contributed by atoms with E-state index in [1.165, 1.54) is 24.8 Å². The van der Waals surface area contributed by atoms with Gasteiger partial charge in [-0.05, 0) is 69.1 Å². The van der Waals surface area contributed by atoms with Crippen LogP contribution in [0.3, 0.4) is 0 Å². The molecule has 0 aromatic heterocycles. The van der Waals surface area contributed by atoms with Gasteiger partial charge in [0.25, 0.3) is 0 Å². The van der Waals surface area contributed by atoms with Crippen molar-refractivity contribution >= 4 is 5.91 Å². The Bertz CT molecular complexity index is 633. The second-order valence-electron chi connectivity index (χ2n) is 9.95. The number of hydrogen-bond acceptors (Lipinski definition) is 4. The van der Waals surface area contributed by atoms with E-state index in [2.05, 4.69) is 12.2 Å². The second-order valence-corrected chi connectivity index (χ2v) is 9.95. The quantitative estimate of drug-likeness (QED) is 0.492. The lowest BCUT2D eigenvalue weighted by molar-refractivity contribution is -0.136. The average molecular weight is 418 g/mol. The number of hydrogen-bond donors (Lipinski definition) is 2. The molecule has 3 aliphatic carbocycles. The van der Waals surface area contributed by atoms with Gasteiger partial charge in [0.05, 0.1) is 18.8 Å². The number of nitrogens with zero attached hydrogens (tertiary/aromatic N) is 1. The van der Waals surface area contributed by atoms with E-state index in [4.69, 9.17) is 4.74 Å². The summed E-state index contributed by atoms with van der Waals surface area (Å²) in [6, 6.07) is 0. The predicted octanol–water partition coefficient (Wildman–Crippen LogP) is 3.46. The van der Waals surface area contributed by atoms with E-state index < -0.39 is 0 Å². The number of aliphatic hydroxyl groups excluding tert-OH is 2. The molecule has 0 unspecified atom stereocenters. The third kappa shape index (κ3) is 5.35. The topological polar surface area (TPSA) is 70.0 Å². The van der Waals surface area contributed by atoms with Crippen LogP contribution in [-0.4, -0.2) is 59.5 Å². The maximum absolute atomic E-state index is 12.2. The summed E-state index contributed by atoms with van der Waals surface area (Å²) in [6.45, 7) is 2.43. The molecular formula is C25H39NO4. The Morgan fingerprint density at radius 2 is 1.90 bits per heavy atom. The summed E-state index contributed by atoms with van der Waals surface area (Å²) in [4.78, 5) is 14.1. The summed E-state index contributed by atoms with van der Waals surface area (Å²) in [6.07, 6.45) is 16.6. The molecule has 3 saturated carbocycles. The van der Waals surface area contributed by atoms with Gasteiger partial charge in [-0.15, -0.1) is 0 Å². The van der Waals surface area contributed by atoms with Crippen molar-refractivity contribution in [3.63, 3.8) is 0 Å². The van der Waals surface area contributed by atoms with Gasteiger partial charge in [0.2, 0.25) is 5.91 Å². The number of amides is 1. The largest absolute Gasteiger partial charge is 0.392 e. The van der Waals surface area contributed by atoms with Gasteiger partial charge in [-0.25, -0.2) is 0 Å². The van der Waals surface area contributed by atoms with Crippen LogP contribution >= 0.6 is 0 Å². The molecule has 1 amide bonds. The molecule has 5 heteroatoms. The van der Waals surface area contributed by atoms with E-state index in [-0.39, 0.29) is 30.6 Å². The molecule has 1 heterocycles. The molecule has 0 radical (unpaired) electrons. The highest BCUT2D eigenvalue weighted by Gasteiger charge is 2.45. The molecule has 4 aliphatic rings. The van der Waals surface area contributed by atoms with Gasteiger partial charge < -0.3 is 19.8 Å². The summed E-state index contributed by atoms with van der Waals surface area (Å²) < 4.78 is 5.65. The first-order valence-corrected chi connectivity index (χ1v) is 12.2. The zero-order valence-electron chi connectivity index (χ0n) is 18.3. The standard InChI is InChI=1S/C25H39NO4/c27-23(19-6-2-3-7-19)9-8-21-22-15-18(14-20(22)16-24(21)28)10-13-30-17-25(29)26-11-4-1-5-12-26/h8-10,19-24,27-28H,1-7,11-17H2/b9-8+,18-10+/t20-,21+,22-,23+,24+/m0/s1. The van der Waals surface area contributed by atoms with Crippen LogP contribution in [-0.2, 0) is 9.53 Å². The first-order valence-electron chi connectivity index (χ1n) is 12.2. The van der Waals surface area contributed by atoms with Crippen LogP contribution in [0.5, 0.6) is 0 Å². The SMILES string of the molecule is O=C(COC/C=C1\C[C@H]2C[C@@H](O)[C@H](/C=C/[C@@H](O)C3CCCC3)[C@H]2C1)N1CCCCC1. The normalized spacial score (nSPS) is 34.9. The molecule has 0 bridgehead atoms. The highest BCUT2D eigenvalue weighted by Crippen LogP contribution is 2.50. The van der Waals surface area contributed by atoms with Gasteiger partial charge in [-0.1, -0.05) is 36.6 Å². The van der Waals surface area contributed by atoms with Crippen molar-refractivity contribution in [2.24, 2.45) is 23.7 Å². The monoisotopic (exact) mass is 417 g/mol. The number of allylic oxidation sites excluding steroid dienone is 1. The highest BCUT2D eigenvalue weighted by molar-refractivity contribution is 5.77. The number of fused-ring (bicyclic) bond motifs is 1. The predicted molar refractivity (Wildman–Crippen MR) is 117 cm³/mol. The van der Waals surface area contributed by atoms with Crippen molar-refractivity contribution in [2.75, 3.05) is 26.3 Å². The Balaban J connectivity index is 1.22. The van der Waals surface area contributed by atoms with E-state index in [9.17, 15) is 15.0 Å². The third-order valence-electron chi connectivity index (χ3n) is 7.95. The van der Waals surface area contributed by atoms with Gasteiger partial charge in [0.15, 0.2) is 0 Å². The van der Waals surface area contributed by atoms with Gasteiger partial charge in [-0.2, -0.15) is 0 Å². The molecule has 2 N–H and O–H groups in total. The number of piperidine rings is 1.